The maximum absolute atomic E-state index is 13.2. The highest BCUT2D eigenvalue weighted by molar-refractivity contribution is 5.36. The minimum Gasteiger partial charge on any atom is -0.374 e. The van der Waals surface area contributed by atoms with E-state index in [2.05, 4.69) is 37.9 Å². The Morgan fingerprint density at radius 1 is 1.32 bits per heavy atom. The summed E-state index contributed by atoms with van der Waals surface area (Å²) >= 11 is 0. The molecule has 0 bridgehead atoms. The molecule has 0 saturated carbocycles. The molecule has 2 aromatic rings. The second-order valence-electron chi connectivity index (χ2n) is 6.74. The minimum atomic E-state index is -0.412. The van der Waals surface area contributed by atoms with Gasteiger partial charge in [-0.2, -0.15) is 0 Å². The first-order valence-electron chi connectivity index (χ1n) is 8.67. The molecular weight excluding hydrogens is 321 g/mol. The fourth-order valence-corrected chi connectivity index (χ4v) is 3.90. The van der Waals surface area contributed by atoms with Gasteiger partial charge in [0.25, 0.3) is 0 Å². The molecule has 6 nitrogen and oxygen atoms in total. The van der Waals surface area contributed by atoms with Crippen LogP contribution in [0.15, 0.2) is 36.9 Å². The molecule has 2 aliphatic heterocycles. The van der Waals surface area contributed by atoms with Crippen LogP contribution in [0.4, 0.5) is 10.3 Å². The topological polar surface area (TPSA) is 54.4 Å². The molecule has 7 heteroatoms. The van der Waals surface area contributed by atoms with Crippen LogP contribution in [0.2, 0.25) is 0 Å². The van der Waals surface area contributed by atoms with Crippen molar-refractivity contribution in [1.29, 1.82) is 0 Å². The maximum atomic E-state index is 13.2. The maximum Gasteiger partial charge on any atom is 0.225 e. The van der Waals surface area contributed by atoms with Gasteiger partial charge in [0.2, 0.25) is 5.95 Å². The zero-order valence-corrected chi connectivity index (χ0v) is 14.3. The van der Waals surface area contributed by atoms with Crippen molar-refractivity contribution in [3.05, 3.63) is 48.3 Å². The van der Waals surface area contributed by atoms with Crippen molar-refractivity contribution in [3.8, 4) is 0 Å². The summed E-state index contributed by atoms with van der Waals surface area (Å²) in [5.41, 5.74) is 1.17. The first-order valence-corrected chi connectivity index (χ1v) is 8.67. The molecule has 0 aromatic carbocycles. The van der Waals surface area contributed by atoms with Gasteiger partial charge in [0.1, 0.15) is 0 Å². The molecule has 0 amide bonds. The van der Waals surface area contributed by atoms with E-state index in [1.165, 1.54) is 18.0 Å². The van der Waals surface area contributed by atoms with Gasteiger partial charge >= 0.3 is 0 Å². The monoisotopic (exact) mass is 343 g/mol. The predicted octanol–water partition coefficient (Wildman–Crippen LogP) is 1.88. The standard InChI is InChI=1S/C18H22FN5O/c1-23(11-13-4-2-6-20-8-13)16-12-24(15-5-3-7-25-17(15)16)18-21-9-14(19)10-22-18/h2,4,6,8-10,15-17H,3,5,7,11-12H2,1H3/t15-,16-,17+/m1/s1. The number of anilines is 1. The van der Waals surface area contributed by atoms with Gasteiger partial charge in [-0.1, -0.05) is 6.07 Å². The van der Waals surface area contributed by atoms with Gasteiger partial charge in [-0.3, -0.25) is 9.88 Å². The molecule has 4 rings (SSSR count). The first-order chi connectivity index (χ1) is 12.2. The van der Waals surface area contributed by atoms with Gasteiger partial charge in [0.05, 0.1) is 30.6 Å². The summed E-state index contributed by atoms with van der Waals surface area (Å²) in [6.45, 7) is 2.37. The summed E-state index contributed by atoms with van der Waals surface area (Å²) < 4.78 is 19.3. The number of pyridine rings is 1. The molecule has 0 N–H and O–H groups in total. The van der Waals surface area contributed by atoms with Gasteiger partial charge < -0.3 is 9.64 Å². The molecule has 0 unspecified atom stereocenters. The van der Waals surface area contributed by atoms with Crippen LogP contribution in [0.5, 0.6) is 0 Å². The molecule has 4 heterocycles. The van der Waals surface area contributed by atoms with Crippen LogP contribution in [-0.4, -0.2) is 58.2 Å². The van der Waals surface area contributed by atoms with Crippen LogP contribution >= 0.6 is 0 Å². The van der Waals surface area contributed by atoms with Crippen molar-refractivity contribution in [2.75, 3.05) is 25.1 Å². The van der Waals surface area contributed by atoms with Crippen LogP contribution in [0.3, 0.4) is 0 Å². The van der Waals surface area contributed by atoms with Crippen molar-refractivity contribution >= 4 is 5.95 Å². The van der Waals surface area contributed by atoms with Gasteiger partial charge in [-0.25, -0.2) is 14.4 Å². The molecule has 0 spiro atoms. The predicted molar refractivity (Wildman–Crippen MR) is 91.6 cm³/mol. The minimum absolute atomic E-state index is 0.115. The fourth-order valence-electron chi connectivity index (χ4n) is 3.90. The lowest BCUT2D eigenvalue weighted by Gasteiger charge is -2.34. The number of likely N-dealkylation sites (N-methyl/N-ethyl adjacent to an activating group) is 1. The van der Waals surface area contributed by atoms with E-state index in [-0.39, 0.29) is 18.2 Å². The summed E-state index contributed by atoms with van der Waals surface area (Å²) in [5.74, 6) is 0.170. The number of aromatic nitrogens is 3. The lowest BCUT2D eigenvalue weighted by molar-refractivity contribution is -0.0247. The van der Waals surface area contributed by atoms with Crippen LogP contribution in [0, 0.1) is 5.82 Å². The lowest BCUT2D eigenvalue weighted by Crippen LogP contribution is -2.46. The zero-order chi connectivity index (χ0) is 17.2. The van der Waals surface area contributed by atoms with Crippen LogP contribution in [0.1, 0.15) is 18.4 Å². The number of hydrogen-bond donors (Lipinski definition) is 0. The molecule has 25 heavy (non-hydrogen) atoms. The van der Waals surface area contributed by atoms with E-state index in [9.17, 15) is 4.39 Å². The van der Waals surface area contributed by atoms with E-state index in [4.69, 9.17) is 4.74 Å². The highest BCUT2D eigenvalue weighted by atomic mass is 19.1. The second-order valence-corrected chi connectivity index (χ2v) is 6.74. The van der Waals surface area contributed by atoms with Crippen LogP contribution in [0.25, 0.3) is 0 Å². The molecule has 0 radical (unpaired) electrons. The molecule has 0 aliphatic carbocycles. The summed E-state index contributed by atoms with van der Waals surface area (Å²) in [5, 5.41) is 0. The molecule has 2 aromatic heterocycles. The normalized spacial score (nSPS) is 26.0. The quantitative estimate of drug-likeness (QED) is 0.845. The van der Waals surface area contributed by atoms with E-state index < -0.39 is 5.82 Å². The Kier molecular flexibility index (Phi) is 4.59. The van der Waals surface area contributed by atoms with Crippen molar-refractivity contribution in [2.24, 2.45) is 0 Å². The van der Waals surface area contributed by atoms with Gasteiger partial charge in [0, 0.05) is 32.1 Å². The summed E-state index contributed by atoms with van der Waals surface area (Å²) in [7, 11) is 2.11. The Hall–Kier alpha value is -2.12. The Morgan fingerprint density at radius 3 is 2.92 bits per heavy atom. The van der Waals surface area contributed by atoms with E-state index in [1.807, 2.05) is 12.3 Å². The molecule has 2 fully saturated rings. The fraction of sp³-hybridized carbons (Fsp3) is 0.500. The third-order valence-corrected chi connectivity index (χ3v) is 5.08. The van der Waals surface area contributed by atoms with Gasteiger partial charge in [-0.05, 0) is 31.5 Å². The highest BCUT2D eigenvalue weighted by Crippen LogP contribution is 2.33. The average molecular weight is 343 g/mol. The van der Waals surface area contributed by atoms with E-state index in [0.29, 0.717) is 5.95 Å². The lowest BCUT2D eigenvalue weighted by atomic mass is 10.00. The third kappa shape index (κ3) is 3.34. The molecule has 3 atom stereocenters. The number of ether oxygens (including phenoxy) is 1. The van der Waals surface area contributed by atoms with Crippen molar-refractivity contribution in [1.82, 2.24) is 19.9 Å². The number of halogens is 1. The first kappa shape index (κ1) is 16.4. The Balaban J connectivity index is 1.54. The van der Waals surface area contributed by atoms with E-state index in [0.717, 1.165) is 32.5 Å². The largest absolute Gasteiger partial charge is 0.374 e. The third-order valence-electron chi connectivity index (χ3n) is 5.08. The Bertz CT molecular complexity index is 698. The van der Waals surface area contributed by atoms with Crippen molar-refractivity contribution in [3.63, 3.8) is 0 Å². The summed E-state index contributed by atoms with van der Waals surface area (Å²) in [6, 6.07) is 4.51. The zero-order valence-electron chi connectivity index (χ0n) is 14.3. The molecule has 132 valence electrons. The summed E-state index contributed by atoms with van der Waals surface area (Å²) in [4.78, 5) is 17.0. The van der Waals surface area contributed by atoms with Gasteiger partial charge in [-0.15, -0.1) is 0 Å². The SMILES string of the molecule is CN(Cc1cccnc1)[C@@H]1CN(c2ncc(F)cn2)[C@@H]2CCCO[C@H]12. The number of fused-ring (bicyclic) bond motifs is 1. The number of rotatable bonds is 4. The Morgan fingerprint density at radius 2 is 2.16 bits per heavy atom. The van der Waals surface area contributed by atoms with Crippen LogP contribution < -0.4 is 4.90 Å². The van der Waals surface area contributed by atoms with Crippen molar-refractivity contribution in [2.45, 2.75) is 37.6 Å². The van der Waals surface area contributed by atoms with E-state index >= 15 is 0 Å². The average Bonchev–Trinajstić information content (AvgIpc) is 3.03. The van der Waals surface area contributed by atoms with Crippen LogP contribution in [-0.2, 0) is 11.3 Å². The highest BCUT2D eigenvalue weighted by Gasteiger charge is 2.46. The smallest absolute Gasteiger partial charge is 0.225 e. The number of nitrogens with zero attached hydrogens (tertiary/aromatic N) is 5. The number of hydrogen-bond acceptors (Lipinski definition) is 6. The molecule has 2 saturated heterocycles. The molecular formula is C18H22FN5O. The van der Waals surface area contributed by atoms with Gasteiger partial charge in [0.15, 0.2) is 5.82 Å². The second kappa shape index (κ2) is 7.01. The summed E-state index contributed by atoms with van der Waals surface area (Å²) in [6.07, 6.45) is 8.32. The molecule has 2 aliphatic rings. The van der Waals surface area contributed by atoms with E-state index in [1.54, 1.807) is 6.20 Å². The Labute approximate surface area is 146 Å². The van der Waals surface area contributed by atoms with Crippen molar-refractivity contribution < 1.29 is 9.13 Å².